The maximum Gasteiger partial charge on any atom is 0.308 e. The van der Waals surface area contributed by atoms with Crippen LogP contribution in [0.3, 0.4) is 0 Å². The fourth-order valence-corrected chi connectivity index (χ4v) is 1.34. The summed E-state index contributed by atoms with van der Waals surface area (Å²) in [6.45, 7) is 0.362. The van der Waals surface area contributed by atoms with Crippen LogP contribution in [-0.4, -0.2) is 42.9 Å². The highest BCUT2D eigenvalue weighted by Crippen LogP contribution is 2.10. The number of aromatic nitrogens is 1. The largest absolute Gasteiger partial charge is 0.469 e. The first-order chi connectivity index (χ1) is 7.63. The van der Waals surface area contributed by atoms with E-state index in [-0.39, 0.29) is 6.42 Å². The zero-order chi connectivity index (χ0) is 12.0. The van der Waals surface area contributed by atoms with Gasteiger partial charge in [-0.25, -0.2) is 0 Å². The number of carbonyl (C=O) groups is 1. The summed E-state index contributed by atoms with van der Waals surface area (Å²) in [6, 6.07) is 3.70. The van der Waals surface area contributed by atoms with Crippen LogP contribution in [0.25, 0.3) is 0 Å². The molecule has 5 nitrogen and oxygen atoms in total. The van der Waals surface area contributed by atoms with E-state index in [1.807, 2.05) is 24.1 Å². The van der Waals surface area contributed by atoms with Crippen molar-refractivity contribution >= 4 is 11.7 Å². The zero-order valence-corrected chi connectivity index (χ0v) is 9.46. The lowest BCUT2D eigenvalue weighted by atomic mass is 10.2. The van der Waals surface area contributed by atoms with E-state index in [9.17, 15) is 9.90 Å². The molecule has 1 aromatic heterocycles. The number of hydrogen-bond acceptors (Lipinski definition) is 5. The molecule has 0 saturated carbocycles. The summed E-state index contributed by atoms with van der Waals surface area (Å²) in [5, 5.41) is 9.62. The minimum Gasteiger partial charge on any atom is -0.469 e. The van der Waals surface area contributed by atoms with Gasteiger partial charge in [-0.2, -0.15) is 0 Å². The minimum atomic E-state index is -0.738. The van der Waals surface area contributed by atoms with Crippen molar-refractivity contribution < 1.29 is 14.6 Å². The van der Waals surface area contributed by atoms with Crippen molar-refractivity contribution in [2.45, 2.75) is 12.5 Å². The highest BCUT2D eigenvalue weighted by atomic mass is 16.5. The Morgan fingerprint density at radius 2 is 2.44 bits per heavy atom. The van der Waals surface area contributed by atoms with Crippen LogP contribution in [0.5, 0.6) is 0 Å². The van der Waals surface area contributed by atoms with E-state index in [2.05, 4.69) is 9.72 Å². The number of ether oxygens (including phenoxy) is 1. The molecule has 1 atom stereocenters. The second-order valence-electron chi connectivity index (χ2n) is 3.53. The van der Waals surface area contributed by atoms with E-state index in [1.165, 1.54) is 7.11 Å². The van der Waals surface area contributed by atoms with Gasteiger partial charge < -0.3 is 14.7 Å². The molecule has 1 N–H and O–H groups in total. The third-order valence-corrected chi connectivity index (χ3v) is 2.20. The van der Waals surface area contributed by atoms with Crippen LogP contribution in [-0.2, 0) is 9.53 Å². The summed E-state index contributed by atoms with van der Waals surface area (Å²) in [6.07, 6.45) is 2.64. The topological polar surface area (TPSA) is 62.7 Å². The fourth-order valence-electron chi connectivity index (χ4n) is 1.34. The van der Waals surface area contributed by atoms with Crippen LogP contribution >= 0.6 is 0 Å². The van der Waals surface area contributed by atoms with Gasteiger partial charge in [-0.3, -0.25) is 9.78 Å². The number of aliphatic hydroxyl groups is 1. The van der Waals surface area contributed by atoms with Crippen LogP contribution < -0.4 is 4.90 Å². The Kier molecular flexibility index (Phi) is 4.72. The molecule has 1 aromatic rings. The number of pyridine rings is 1. The minimum absolute atomic E-state index is 0.00109. The van der Waals surface area contributed by atoms with Crippen molar-refractivity contribution in [3.05, 3.63) is 24.5 Å². The highest BCUT2D eigenvalue weighted by Gasteiger charge is 2.13. The van der Waals surface area contributed by atoms with Gasteiger partial charge in [0.15, 0.2) is 0 Å². The SMILES string of the molecule is COC(=O)CC(O)CN(C)c1cccnc1. The van der Waals surface area contributed by atoms with Gasteiger partial charge in [-0.05, 0) is 12.1 Å². The Labute approximate surface area is 94.7 Å². The van der Waals surface area contributed by atoms with Crippen LogP contribution in [0, 0.1) is 0 Å². The van der Waals surface area contributed by atoms with E-state index in [0.717, 1.165) is 5.69 Å². The average molecular weight is 224 g/mol. The van der Waals surface area contributed by atoms with Gasteiger partial charge >= 0.3 is 5.97 Å². The number of anilines is 1. The lowest BCUT2D eigenvalue weighted by Crippen LogP contribution is -2.30. The lowest BCUT2D eigenvalue weighted by molar-refractivity contribution is -0.142. The molecule has 0 bridgehead atoms. The molecule has 0 aromatic carbocycles. The Morgan fingerprint density at radius 1 is 1.69 bits per heavy atom. The molecule has 0 radical (unpaired) electrons. The molecule has 0 saturated heterocycles. The van der Waals surface area contributed by atoms with Crippen molar-refractivity contribution in [3.63, 3.8) is 0 Å². The maximum atomic E-state index is 10.9. The van der Waals surface area contributed by atoms with Crippen LogP contribution in [0.1, 0.15) is 6.42 Å². The molecule has 0 aliphatic carbocycles. The predicted molar refractivity (Wildman–Crippen MR) is 60.1 cm³/mol. The number of likely N-dealkylation sites (N-methyl/N-ethyl adjacent to an activating group) is 1. The van der Waals surface area contributed by atoms with Gasteiger partial charge in [0.05, 0.1) is 31.5 Å². The third kappa shape index (κ3) is 3.86. The third-order valence-electron chi connectivity index (χ3n) is 2.20. The van der Waals surface area contributed by atoms with Crippen molar-refractivity contribution in [3.8, 4) is 0 Å². The standard InChI is InChI=1S/C11H16N2O3/c1-13(9-4-3-5-12-7-9)8-10(14)6-11(15)16-2/h3-5,7,10,14H,6,8H2,1-2H3. The van der Waals surface area contributed by atoms with Crippen LogP contribution in [0.4, 0.5) is 5.69 Å². The number of hydrogen-bond donors (Lipinski definition) is 1. The first-order valence-electron chi connectivity index (χ1n) is 4.99. The molecule has 1 unspecified atom stereocenters. The van der Waals surface area contributed by atoms with Gasteiger partial charge in [-0.15, -0.1) is 0 Å². The van der Waals surface area contributed by atoms with E-state index in [4.69, 9.17) is 0 Å². The maximum absolute atomic E-state index is 10.9. The number of carbonyl (C=O) groups excluding carboxylic acids is 1. The molecule has 1 rings (SSSR count). The van der Waals surface area contributed by atoms with Crippen molar-refractivity contribution in [1.29, 1.82) is 0 Å². The van der Waals surface area contributed by atoms with E-state index < -0.39 is 12.1 Å². The van der Waals surface area contributed by atoms with Gasteiger partial charge in [0, 0.05) is 19.8 Å². The number of aliphatic hydroxyl groups excluding tert-OH is 1. The summed E-state index contributed by atoms with van der Waals surface area (Å²) in [4.78, 5) is 16.7. The molecule has 0 spiro atoms. The number of methoxy groups -OCH3 is 1. The van der Waals surface area contributed by atoms with E-state index in [1.54, 1.807) is 12.4 Å². The Morgan fingerprint density at radius 3 is 3.00 bits per heavy atom. The number of esters is 1. The molecule has 88 valence electrons. The second kappa shape index (κ2) is 6.07. The Balaban J connectivity index is 2.45. The molecular weight excluding hydrogens is 208 g/mol. The second-order valence-corrected chi connectivity index (χ2v) is 3.53. The summed E-state index contributed by atoms with van der Waals surface area (Å²) >= 11 is 0. The summed E-state index contributed by atoms with van der Waals surface area (Å²) in [5.74, 6) is -0.410. The van der Waals surface area contributed by atoms with Crippen molar-refractivity contribution in [1.82, 2.24) is 4.98 Å². The van der Waals surface area contributed by atoms with Crippen molar-refractivity contribution in [2.75, 3.05) is 25.6 Å². The van der Waals surface area contributed by atoms with Gasteiger partial charge in [0.1, 0.15) is 0 Å². The van der Waals surface area contributed by atoms with Crippen LogP contribution in [0.2, 0.25) is 0 Å². The average Bonchev–Trinajstić information content (AvgIpc) is 2.29. The molecule has 5 heteroatoms. The predicted octanol–water partition coefficient (Wildman–Crippen LogP) is 0.442. The van der Waals surface area contributed by atoms with Gasteiger partial charge in [0.25, 0.3) is 0 Å². The quantitative estimate of drug-likeness (QED) is 0.735. The Bertz CT molecular complexity index is 329. The summed E-state index contributed by atoms with van der Waals surface area (Å²) in [5.41, 5.74) is 0.895. The Hall–Kier alpha value is -1.62. The zero-order valence-electron chi connectivity index (χ0n) is 9.46. The fraction of sp³-hybridized carbons (Fsp3) is 0.455. The van der Waals surface area contributed by atoms with Gasteiger partial charge in [0.2, 0.25) is 0 Å². The molecule has 1 heterocycles. The monoisotopic (exact) mass is 224 g/mol. The normalized spacial score (nSPS) is 11.9. The number of nitrogens with zero attached hydrogens (tertiary/aromatic N) is 2. The first kappa shape index (κ1) is 12.4. The first-order valence-corrected chi connectivity index (χ1v) is 4.99. The van der Waals surface area contributed by atoms with Gasteiger partial charge in [-0.1, -0.05) is 0 Å². The highest BCUT2D eigenvalue weighted by molar-refractivity contribution is 5.69. The summed E-state index contributed by atoms with van der Waals surface area (Å²) < 4.78 is 4.48. The van der Waals surface area contributed by atoms with E-state index in [0.29, 0.717) is 6.54 Å². The molecular formula is C11H16N2O3. The smallest absolute Gasteiger partial charge is 0.308 e. The molecule has 0 amide bonds. The molecule has 0 aliphatic rings. The molecule has 16 heavy (non-hydrogen) atoms. The molecule has 0 aliphatic heterocycles. The van der Waals surface area contributed by atoms with Crippen LogP contribution in [0.15, 0.2) is 24.5 Å². The van der Waals surface area contributed by atoms with Crippen molar-refractivity contribution in [2.24, 2.45) is 0 Å². The number of rotatable bonds is 5. The summed E-state index contributed by atoms with van der Waals surface area (Å²) in [7, 11) is 3.14. The lowest BCUT2D eigenvalue weighted by Gasteiger charge is -2.21. The molecule has 0 fully saturated rings. The van der Waals surface area contributed by atoms with E-state index >= 15 is 0 Å².